The highest BCUT2D eigenvalue weighted by Crippen LogP contribution is 2.28. The molecule has 1 heterocycles. The monoisotopic (exact) mass is 263 g/mol. The molecule has 5 heteroatoms. The largest absolute Gasteiger partial charge is 0.371 e. The minimum atomic E-state index is -0.0719. The number of hydrogen-bond donors (Lipinski definition) is 1. The van der Waals surface area contributed by atoms with Gasteiger partial charge in [-0.15, -0.1) is 0 Å². The first-order valence-corrected chi connectivity index (χ1v) is 6.62. The van der Waals surface area contributed by atoms with Gasteiger partial charge in [0.15, 0.2) is 0 Å². The summed E-state index contributed by atoms with van der Waals surface area (Å²) in [5.74, 6) is 1.52. The van der Waals surface area contributed by atoms with Gasteiger partial charge in [-0.1, -0.05) is 6.07 Å². The molecule has 0 radical (unpaired) electrons. The van der Waals surface area contributed by atoms with E-state index in [1.165, 1.54) is 12.8 Å². The molecule has 1 aromatic rings. The fraction of sp³-hybridized carbons (Fsp3) is 0.571. The van der Waals surface area contributed by atoms with E-state index in [1.807, 2.05) is 31.1 Å². The van der Waals surface area contributed by atoms with Crippen molar-refractivity contribution in [3.63, 3.8) is 0 Å². The summed E-state index contributed by atoms with van der Waals surface area (Å²) in [6.45, 7) is 1.36. The lowest BCUT2D eigenvalue weighted by Gasteiger charge is -2.11. The molecule has 1 amide bonds. The van der Waals surface area contributed by atoms with Gasteiger partial charge in [0.05, 0.1) is 6.61 Å². The Morgan fingerprint density at radius 2 is 2.26 bits per heavy atom. The lowest BCUT2D eigenvalue weighted by atomic mass is 10.3. The summed E-state index contributed by atoms with van der Waals surface area (Å²) in [5.41, 5.74) is 0.987. The van der Waals surface area contributed by atoms with Crippen molar-refractivity contribution >= 4 is 11.7 Å². The van der Waals surface area contributed by atoms with Gasteiger partial charge in [-0.3, -0.25) is 4.79 Å². The standard InChI is InChI=1S/C14H21N3O2/c1-17(2)13-6-5-12(7-15-13)8-16-14(18)10-19-9-11-3-4-11/h5-7,11H,3-4,8-10H2,1-2H3,(H,16,18). The maximum atomic E-state index is 11.5. The number of nitrogens with one attached hydrogen (secondary N) is 1. The number of ether oxygens (including phenoxy) is 1. The van der Waals surface area contributed by atoms with Gasteiger partial charge < -0.3 is 15.0 Å². The van der Waals surface area contributed by atoms with Gasteiger partial charge in [0, 0.05) is 26.8 Å². The predicted molar refractivity (Wildman–Crippen MR) is 74.0 cm³/mol. The SMILES string of the molecule is CN(C)c1ccc(CNC(=O)COCC2CC2)cn1. The van der Waals surface area contributed by atoms with Crippen LogP contribution in [0.2, 0.25) is 0 Å². The molecule has 0 atom stereocenters. The van der Waals surface area contributed by atoms with Crippen LogP contribution in [0.15, 0.2) is 18.3 Å². The van der Waals surface area contributed by atoms with Crippen LogP contribution in [0.5, 0.6) is 0 Å². The first-order valence-electron chi connectivity index (χ1n) is 6.62. The number of carbonyl (C=O) groups excluding carboxylic acids is 1. The topological polar surface area (TPSA) is 54.5 Å². The summed E-state index contributed by atoms with van der Waals surface area (Å²) in [7, 11) is 3.89. The van der Waals surface area contributed by atoms with Gasteiger partial charge in [-0.05, 0) is 30.4 Å². The molecule has 2 rings (SSSR count). The van der Waals surface area contributed by atoms with E-state index < -0.39 is 0 Å². The van der Waals surface area contributed by atoms with Gasteiger partial charge in [0.25, 0.3) is 0 Å². The van der Waals surface area contributed by atoms with E-state index in [4.69, 9.17) is 4.74 Å². The fourth-order valence-electron chi connectivity index (χ4n) is 1.64. The number of nitrogens with zero attached hydrogens (tertiary/aromatic N) is 2. The van der Waals surface area contributed by atoms with Gasteiger partial charge in [-0.25, -0.2) is 4.98 Å². The van der Waals surface area contributed by atoms with Crippen LogP contribution in [-0.2, 0) is 16.1 Å². The van der Waals surface area contributed by atoms with Crippen LogP contribution in [0.25, 0.3) is 0 Å². The fourth-order valence-corrected chi connectivity index (χ4v) is 1.64. The molecule has 0 spiro atoms. The Morgan fingerprint density at radius 1 is 1.47 bits per heavy atom. The maximum Gasteiger partial charge on any atom is 0.246 e. The molecule has 104 valence electrons. The molecular weight excluding hydrogens is 242 g/mol. The van der Waals surface area contributed by atoms with Crippen molar-refractivity contribution in [3.8, 4) is 0 Å². The van der Waals surface area contributed by atoms with E-state index >= 15 is 0 Å². The lowest BCUT2D eigenvalue weighted by molar-refractivity contribution is -0.126. The smallest absolute Gasteiger partial charge is 0.246 e. The molecule has 1 fully saturated rings. The van der Waals surface area contributed by atoms with Crippen LogP contribution >= 0.6 is 0 Å². The second-order valence-electron chi connectivity index (χ2n) is 5.15. The van der Waals surface area contributed by atoms with E-state index in [0.29, 0.717) is 19.1 Å². The Bertz CT molecular complexity index is 413. The molecule has 1 saturated carbocycles. The zero-order valence-electron chi connectivity index (χ0n) is 11.6. The highest BCUT2D eigenvalue weighted by Gasteiger charge is 2.21. The van der Waals surface area contributed by atoms with Crippen molar-refractivity contribution < 1.29 is 9.53 Å². The molecule has 1 aromatic heterocycles. The quantitative estimate of drug-likeness (QED) is 0.803. The summed E-state index contributed by atoms with van der Waals surface area (Å²) in [5, 5.41) is 2.82. The number of anilines is 1. The summed E-state index contributed by atoms with van der Waals surface area (Å²) in [6.07, 6.45) is 4.26. The number of pyridine rings is 1. The molecule has 19 heavy (non-hydrogen) atoms. The van der Waals surface area contributed by atoms with Crippen molar-refractivity contribution in [2.75, 3.05) is 32.2 Å². The Morgan fingerprint density at radius 3 is 2.84 bits per heavy atom. The second kappa shape index (κ2) is 6.52. The van der Waals surface area contributed by atoms with Gasteiger partial charge in [0.2, 0.25) is 5.91 Å². The normalized spacial score (nSPS) is 14.2. The zero-order valence-corrected chi connectivity index (χ0v) is 11.6. The number of hydrogen-bond acceptors (Lipinski definition) is 4. The third-order valence-corrected chi connectivity index (χ3v) is 3.04. The van der Waals surface area contributed by atoms with Crippen molar-refractivity contribution in [2.45, 2.75) is 19.4 Å². The van der Waals surface area contributed by atoms with E-state index in [0.717, 1.165) is 11.4 Å². The van der Waals surface area contributed by atoms with E-state index in [2.05, 4.69) is 10.3 Å². The van der Waals surface area contributed by atoms with E-state index in [-0.39, 0.29) is 12.5 Å². The molecule has 0 aromatic carbocycles. The van der Waals surface area contributed by atoms with E-state index in [9.17, 15) is 4.79 Å². The molecule has 0 saturated heterocycles. The average Bonchev–Trinajstić information content (AvgIpc) is 3.21. The number of rotatable bonds is 7. The molecule has 1 N–H and O–H groups in total. The number of amides is 1. The molecule has 0 bridgehead atoms. The Balaban J connectivity index is 1.67. The number of aromatic nitrogens is 1. The Hall–Kier alpha value is -1.62. The maximum absolute atomic E-state index is 11.5. The van der Waals surface area contributed by atoms with Crippen LogP contribution in [-0.4, -0.2) is 38.2 Å². The van der Waals surface area contributed by atoms with E-state index in [1.54, 1.807) is 6.20 Å². The lowest BCUT2D eigenvalue weighted by Crippen LogP contribution is -2.27. The first kappa shape index (κ1) is 13.8. The third-order valence-electron chi connectivity index (χ3n) is 3.04. The third kappa shape index (κ3) is 4.87. The van der Waals surface area contributed by atoms with Gasteiger partial charge >= 0.3 is 0 Å². The Labute approximate surface area is 114 Å². The number of carbonyl (C=O) groups is 1. The summed E-state index contributed by atoms with van der Waals surface area (Å²) in [6, 6.07) is 3.90. The Kier molecular flexibility index (Phi) is 4.74. The predicted octanol–water partition coefficient (Wildman–Crippen LogP) is 1.19. The minimum absolute atomic E-state index is 0.0719. The van der Waals surface area contributed by atoms with Crippen molar-refractivity contribution in [1.82, 2.24) is 10.3 Å². The molecule has 1 aliphatic carbocycles. The highest BCUT2D eigenvalue weighted by atomic mass is 16.5. The summed E-state index contributed by atoms with van der Waals surface area (Å²) in [4.78, 5) is 17.8. The molecule has 0 unspecified atom stereocenters. The van der Waals surface area contributed by atoms with Crippen LogP contribution in [0.1, 0.15) is 18.4 Å². The average molecular weight is 263 g/mol. The first-order chi connectivity index (χ1) is 9.15. The van der Waals surface area contributed by atoms with Crippen molar-refractivity contribution in [1.29, 1.82) is 0 Å². The van der Waals surface area contributed by atoms with Crippen LogP contribution in [0.3, 0.4) is 0 Å². The highest BCUT2D eigenvalue weighted by molar-refractivity contribution is 5.77. The van der Waals surface area contributed by atoms with Gasteiger partial charge in [-0.2, -0.15) is 0 Å². The summed E-state index contributed by atoms with van der Waals surface area (Å²) < 4.78 is 5.32. The van der Waals surface area contributed by atoms with Crippen LogP contribution in [0, 0.1) is 5.92 Å². The summed E-state index contributed by atoms with van der Waals surface area (Å²) >= 11 is 0. The molecule has 5 nitrogen and oxygen atoms in total. The van der Waals surface area contributed by atoms with Crippen LogP contribution in [0.4, 0.5) is 5.82 Å². The minimum Gasteiger partial charge on any atom is -0.371 e. The van der Waals surface area contributed by atoms with Gasteiger partial charge in [0.1, 0.15) is 12.4 Å². The second-order valence-corrected chi connectivity index (χ2v) is 5.15. The molecule has 1 aliphatic rings. The van der Waals surface area contributed by atoms with Crippen LogP contribution < -0.4 is 10.2 Å². The van der Waals surface area contributed by atoms with Crippen molar-refractivity contribution in [2.24, 2.45) is 5.92 Å². The zero-order chi connectivity index (χ0) is 13.7. The van der Waals surface area contributed by atoms with Crippen molar-refractivity contribution in [3.05, 3.63) is 23.9 Å². The molecule has 0 aliphatic heterocycles. The molecular formula is C14H21N3O2.